The van der Waals surface area contributed by atoms with Gasteiger partial charge < -0.3 is 15.0 Å². The molecule has 0 aliphatic rings. The van der Waals surface area contributed by atoms with E-state index < -0.39 is 23.3 Å². The van der Waals surface area contributed by atoms with E-state index >= 15 is 0 Å². The van der Waals surface area contributed by atoms with E-state index in [0.717, 1.165) is 5.69 Å². The van der Waals surface area contributed by atoms with Crippen LogP contribution in [0.2, 0.25) is 0 Å². The van der Waals surface area contributed by atoms with Crippen molar-refractivity contribution in [1.82, 2.24) is 14.9 Å². The molecule has 0 aliphatic carbocycles. The molecule has 2 N–H and O–H groups in total. The van der Waals surface area contributed by atoms with Gasteiger partial charge in [0.1, 0.15) is 17.3 Å². The number of carbonyl (C=O) groups excluding carboxylic acids is 1. The molecule has 0 saturated carbocycles. The van der Waals surface area contributed by atoms with Crippen molar-refractivity contribution in [3.05, 3.63) is 39.8 Å². The first-order valence-electron chi connectivity index (χ1n) is 8.29. The number of nitrogens with zero attached hydrogens (tertiary/aromatic N) is 2. The summed E-state index contributed by atoms with van der Waals surface area (Å²) in [6.07, 6.45) is 1.73. The summed E-state index contributed by atoms with van der Waals surface area (Å²) in [6, 6.07) is 2.32. The standard InChI is InChI=1S/C18H23N3O4/c1-5-21-9-13(15(22)12-7-6-11(4)19-16(12)21)17(23)20-14(18(24)25)8-10(2)3/h6-7,9-10,14H,5,8H2,1-4H3,(H,20,23)(H,24,25)/t14-/m1/s1. The third-order valence-electron chi connectivity index (χ3n) is 3.96. The predicted molar refractivity (Wildman–Crippen MR) is 94.8 cm³/mol. The maximum atomic E-state index is 12.7. The first kappa shape index (κ1) is 18.6. The fourth-order valence-electron chi connectivity index (χ4n) is 2.69. The molecule has 7 nitrogen and oxygen atoms in total. The number of aryl methyl sites for hydroxylation is 2. The molecule has 0 radical (unpaired) electrons. The number of aliphatic carboxylic acids is 1. The molecule has 2 aromatic rings. The van der Waals surface area contributed by atoms with Crippen LogP contribution in [0.4, 0.5) is 0 Å². The van der Waals surface area contributed by atoms with Gasteiger partial charge in [0, 0.05) is 18.4 Å². The van der Waals surface area contributed by atoms with Gasteiger partial charge in [-0.05, 0) is 38.3 Å². The highest BCUT2D eigenvalue weighted by Crippen LogP contribution is 2.12. The Morgan fingerprint density at radius 1 is 1.32 bits per heavy atom. The molecular formula is C18H23N3O4. The summed E-state index contributed by atoms with van der Waals surface area (Å²) >= 11 is 0. The van der Waals surface area contributed by atoms with Gasteiger partial charge in [-0.1, -0.05) is 13.8 Å². The minimum atomic E-state index is -1.11. The van der Waals surface area contributed by atoms with E-state index in [1.807, 2.05) is 27.7 Å². The maximum Gasteiger partial charge on any atom is 0.326 e. The van der Waals surface area contributed by atoms with Crippen molar-refractivity contribution in [2.75, 3.05) is 0 Å². The third kappa shape index (κ3) is 4.04. The molecule has 0 aromatic carbocycles. The Bertz CT molecular complexity index is 870. The first-order chi connectivity index (χ1) is 11.7. The first-order valence-corrected chi connectivity index (χ1v) is 8.29. The lowest BCUT2D eigenvalue weighted by Crippen LogP contribution is -2.43. The van der Waals surface area contributed by atoms with E-state index in [9.17, 15) is 19.5 Å². The van der Waals surface area contributed by atoms with Crippen LogP contribution >= 0.6 is 0 Å². The summed E-state index contributed by atoms with van der Waals surface area (Å²) in [7, 11) is 0. The molecule has 0 fully saturated rings. The molecular weight excluding hydrogens is 322 g/mol. The van der Waals surface area contributed by atoms with Gasteiger partial charge >= 0.3 is 5.97 Å². The Labute approximate surface area is 145 Å². The van der Waals surface area contributed by atoms with E-state index in [1.165, 1.54) is 6.20 Å². The van der Waals surface area contributed by atoms with Crippen molar-refractivity contribution in [3.8, 4) is 0 Å². The van der Waals surface area contributed by atoms with Crippen molar-refractivity contribution >= 4 is 22.9 Å². The van der Waals surface area contributed by atoms with Crippen LogP contribution in [-0.2, 0) is 11.3 Å². The normalized spacial score (nSPS) is 12.4. The molecule has 2 aromatic heterocycles. The van der Waals surface area contributed by atoms with E-state index in [0.29, 0.717) is 17.6 Å². The SMILES string of the molecule is CCn1cc(C(=O)N[C@H](CC(C)C)C(=O)O)c(=O)c2ccc(C)nc21. The van der Waals surface area contributed by atoms with Crippen LogP contribution in [-0.4, -0.2) is 32.6 Å². The van der Waals surface area contributed by atoms with Crippen molar-refractivity contribution in [2.45, 2.75) is 46.7 Å². The van der Waals surface area contributed by atoms with E-state index in [2.05, 4.69) is 10.3 Å². The summed E-state index contributed by atoms with van der Waals surface area (Å²) in [5.74, 6) is -1.70. The number of rotatable bonds is 6. The zero-order valence-corrected chi connectivity index (χ0v) is 14.9. The van der Waals surface area contributed by atoms with Crippen LogP contribution in [0.25, 0.3) is 11.0 Å². The lowest BCUT2D eigenvalue weighted by molar-refractivity contribution is -0.139. The highest BCUT2D eigenvalue weighted by molar-refractivity contribution is 5.98. The number of nitrogens with one attached hydrogen (secondary N) is 1. The highest BCUT2D eigenvalue weighted by Gasteiger charge is 2.24. The molecule has 0 aliphatic heterocycles. The number of aromatic nitrogens is 2. The quantitative estimate of drug-likeness (QED) is 0.833. The molecule has 7 heteroatoms. The summed E-state index contributed by atoms with van der Waals surface area (Å²) < 4.78 is 1.72. The Kier molecular flexibility index (Phi) is 5.56. The van der Waals surface area contributed by atoms with Gasteiger partial charge in [0.25, 0.3) is 5.91 Å². The molecule has 134 valence electrons. The minimum absolute atomic E-state index is 0.0741. The summed E-state index contributed by atoms with van der Waals surface area (Å²) in [5.41, 5.74) is 0.767. The van der Waals surface area contributed by atoms with Gasteiger partial charge in [-0.2, -0.15) is 0 Å². The Hall–Kier alpha value is -2.70. The van der Waals surface area contributed by atoms with Crippen molar-refractivity contribution in [1.29, 1.82) is 0 Å². The molecule has 0 bridgehead atoms. The molecule has 0 unspecified atom stereocenters. The van der Waals surface area contributed by atoms with Gasteiger partial charge in [-0.25, -0.2) is 9.78 Å². The predicted octanol–water partition coefficient (Wildman–Crippen LogP) is 1.95. The van der Waals surface area contributed by atoms with E-state index in [-0.39, 0.29) is 17.9 Å². The average molecular weight is 345 g/mol. The number of hydrogen-bond donors (Lipinski definition) is 2. The fourth-order valence-corrected chi connectivity index (χ4v) is 2.69. The van der Waals surface area contributed by atoms with Crippen molar-refractivity contribution in [2.24, 2.45) is 5.92 Å². The van der Waals surface area contributed by atoms with Crippen molar-refractivity contribution < 1.29 is 14.7 Å². The molecule has 25 heavy (non-hydrogen) atoms. The van der Waals surface area contributed by atoms with Crippen LogP contribution in [0, 0.1) is 12.8 Å². The number of hydrogen-bond acceptors (Lipinski definition) is 4. The average Bonchev–Trinajstić information content (AvgIpc) is 2.53. The minimum Gasteiger partial charge on any atom is -0.480 e. The molecule has 0 spiro atoms. The smallest absolute Gasteiger partial charge is 0.326 e. The number of carbonyl (C=O) groups is 2. The summed E-state index contributed by atoms with van der Waals surface area (Å²) in [4.78, 5) is 40.9. The Morgan fingerprint density at radius 2 is 2.00 bits per heavy atom. The summed E-state index contributed by atoms with van der Waals surface area (Å²) in [6.45, 7) is 7.98. The topological polar surface area (TPSA) is 101 Å². The van der Waals surface area contributed by atoms with Crippen LogP contribution < -0.4 is 10.7 Å². The second kappa shape index (κ2) is 7.46. The van der Waals surface area contributed by atoms with Gasteiger partial charge in [-0.15, -0.1) is 0 Å². The van der Waals surface area contributed by atoms with Gasteiger partial charge in [-0.3, -0.25) is 9.59 Å². The van der Waals surface area contributed by atoms with Gasteiger partial charge in [0.15, 0.2) is 0 Å². The zero-order chi connectivity index (χ0) is 18.7. The van der Waals surface area contributed by atoms with Crippen molar-refractivity contribution in [3.63, 3.8) is 0 Å². The van der Waals surface area contributed by atoms with E-state index in [4.69, 9.17) is 0 Å². The van der Waals surface area contributed by atoms with Crippen LogP contribution in [0.15, 0.2) is 23.1 Å². The second-order valence-corrected chi connectivity index (χ2v) is 6.48. The largest absolute Gasteiger partial charge is 0.480 e. The maximum absolute atomic E-state index is 12.7. The lowest BCUT2D eigenvalue weighted by atomic mass is 10.0. The Morgan fingerprint density at radius 3 is 2.56 bits per heavy atom. The number of pyridine rings is 2. The van der Waals surface area contributed by atoms with Crippen LogP contribution in [0.1, 0.15) is 43.2 Å². The number of carboxylic acid groups (broad SMARTS) is 1. The summed E-state index contributed by atoms with van der Waals surface area (Å²) in [5, 5.41) is 12.1. The molecule has 0 saturated heterocycles. The number of amides is 1. The monoisotopic (exact) mass is 345 g/mol. The fraction of sp³-hybridized carbons (Fsp3) is 0.444. The molecule has 2 rings (SSSR count). The molecule has 1 atom stereocenters. The number of fused-ring (bicyclic) bond motifs is 1. The van der Waals surface area contributed by atoms with E-state index in [1.54, 1.807) is 16.7 Å². The third-order valence-corrected chi connectivity index (χ3v) is 3.96. The Balaban J connectivity index is 2.48. The highest BCUT2D eigenvalue weighted by atomic mass is 16.4. The van der Waals surface area contributed by atoms with Crippen LogP contribution in [0.3, 0.4) is 0 Å². The second-order valence-electron chi connectivity index (χ2n) is 6.48. The number of carboxylic acids is 1. The molecule has 1 amide bonds. The van der Waals surface area contributed by atoms with Gasteiger partial charge in [0.05, 0.1) is 5.39 Å². The van der Waals surface area contributed by atoms with Gasteiger partial charge in [0.2, 0.25) is 5.43 Å². The lowest BCUT2D eigenvalue weighted by Gasteiger charge is -2.17. The van der Waals surface area contributed by atoms with Crippen LogP contribution in [0.5, 0.6) is 0 Å². The molecule has 2 heterocycles. The zero-order valence-electron chi connectivity index (χ0n) is 14.9.